The van der Waals surface area contributed by atoms with E-state index in [2.05, 4.69) is 10.4 Å². The van der Waals surface area contributed by atoms with Crippen molar-refractivity contribution < 1.29 is 32.2 Å². The third kappa shape index (κ3) is 5.36. The number of rotatable bonds is 10. The van der Waals surface area contributed by atoms with Crippen molar-refractivity contribution in [2.24, 2.45) is 7.05 Å². The molecule has 4 aromatic rings. The minimum Gasteiger partial charge on any atom is -0.377 e. The molecule has 8 nitrogen and oxygen atoms in total. The van der Waals surface area contributed by atoms with Gasteiger partial charge in [0.15, 0.2) is 5.65 Å². The van der Waals surface area contributed by atoms with Crippen LogP contribution in [0.4, 0.5) is 13.2 Å². The van der Waals surface area contributed by atoms with Gasteiger partial charge in [-0.1, -0.05) is 0 Å². The van der Waals surface area contributed by atoms with Crippen LogP contribution < -0.4 is 5.32 Å². The van der Waals surface area contributed by atoms with E-state index < -0.39 is 11.7 Å². The molecular formula is C24H23F3N4O4. The number of amides is 1. The summed E-state index contributed by atoms with van der Waals surface area (Å²) in [6, 6.07) is 10.0. The topological polar surface area (TPSA) is 87.4 Å². The number of ether oxygens (including phenoxy) is 2. The number of nitrogens with one attached hydrogen (secondary N) is 1. The van der Waals surface area contributed by atoms with Crippen LogP contribution in [0.5, 0.6) is 0 Å². The molecule has 2 aromatic heterocycles. The van der Waals surface area contributed by atoms with E-state index in [1.807, 2.05) is 0 Å². The SMILES string of the molecule is Cn1cc2c3cc(C(=O)NCCOCCOCC=O)ccc3n(-c3ccc(C(F)(F)F)cc3)c2n1. The molecule has 11 heteroatoms. The van der Waals surface area contributed by atoms with E-state index in [0.29, 0.717) is 42.9 Å². The van der Waals surface area contributed by atoms with Crippen molar-refractivity contribution in [1.29, 1.82) is 0 Å². The fourth-order valence-electron chi connectivity index (χ4n) is 3.78. The van der Waals surface area contributed by atoms with Crippen LogP contribution in [0.15, 0.2) is 48.7 Å². The zero-order valence-electron chi connectivity index (χ0n) is 18.8. The van der Waals surface area contributed by atoms with Gasteiger partial charge in [-0.15, -0.1) is 0 Å². The average molecular weight is 488 g/mol. The third-order valence-electron chi connectivity index (χ3n) is 5.35. The number of aromatic nitrogens is 3. The summed E-state index contributed by atoms with van der Waals surface area (Å²) >= 11 is 0. The fraction of sp³-hybridized carbons (Fsp3) is 0.292. The lowest BCUT2D eigenvalue weighted by atomic mass is 10.1. The maximum Gasteiger partial charge on any atom is 0.416 e. The molecule has 0 unspecified atom stereocenters. The molecule has 0 spiro atoms. The van der Waals surface area contributed by atoms with Crippen LogP contribution in [0.1, 0.15) is 15.9 Å². The number of carbonyl (C=O) groups is 2. The largest absolute Gasteiger partial charge is 0.416 e. The van der Waals surface area contributed by atoms with Gasteiger partial charge in [-0.05, 0) is 42.5 Å². The number of hydrogen-bond donors (Lipinski definition) is 1. The van der Waals surface area contributed by atoms with Crippen molar-refractivity contribution in [1.82, 2.24) is 19.7 Å². The van der Waals surface area contributed by atoms with E-state index in [1.54, 1.807) is 40.7 Å². The molecule has 0 radical (unpaired) electrons. The molecule has 0 fully saturated rings. The molecule has 0 aliphatic heterocycles. The summed E-state index contributed by atoms with van der Waals surface area (Å²) in [7, 11) is 1.75. The van der Waals surface area contributed by atoms with E-state index in [9.17, 15) is 22.8 Å². The van der Waals surface area contributed by atoms with Crippen LogP contribution in [0, 0.1) is 0 Å². The first-order valence-corrected chi connectivity index (χ1v) is 10.8. The Hall–Kier alpha value is -3.70. The predicted molar refractivity (Wildman–Crippen MR) is 123 cm³/mol. The Morgan fingerprint density at radius 3 is 2.51 bits per heavy atom. The quantitative estimate of drug-likeness (QED) is 0.273. The molecule has 0 atom stereocenters. The Balaban J connectivity index is 1.54. The lowest BCUT2D eigenvalue weighted by molar-refractivity contribution is -0.137. The van der Waals surface area contributed by atoms with Gasteiger partial charge in [0.25, 0.3) is 5.91 Å². The summed E-state index contributed by atoms with van der Waals surface area (Å²) in [5.74, 6) is -0.285. The molecule has 0 bridgehead atoms. The summed E-state index contributed by atoms with van der Waals surface area (Å²) in [6.07, 6.45) is -1.95. The second-order valence-corrected chi connectivity index (χ2v) is 7.76. The van der Waals surface area contributed by atoms with Gasteiger partial charge in [-0.25, -0.2) is 0 Å². The summed E-state index contributed by atoms with van der Waals surface area (Å²) in [6.45, 7) is 1.20. The Labute approximate surface area is 198 Å². The van der Waals surface area contributed by atoms with Gasteiger partial charge in [0, 0.05) is 41.8 Å². The van der Waals surface area contributed by atoms with Gasteiger partial charge < -0.3 is 19.6 Å². The summed E-state index contributed by atoms with van der Waals surface area (Å²) in [4.78, 5) is 22.8. The number of hydrogen-bond acceptors (Lipinski definition) is 5. The van der Waals surface area contributed by atoms with Crippen molar-refractivity contribution >= 4 is 34.1 Å². The standard InChI is InChI=1S/C24H23F3N4O4/c1-30-15-20-19-14-16(23(33)28-8-10-34-12-13-35-11-9-32)2-7-21(19)31(22(20)29-30)18-5-3-17(4-6-18)24(25,26)27/h2-7,9,14-15H,8,10-13H2,1H3,(H,28,33). The molecule has 1 amide bonds. The molecule has 0 saturated carbocycles. The number of carbonyl (C=O) groups excluding carboxylic acids is 2. The lowest BCUT2D eigenvalue weighted by Crippen LogP contribution is -2.27. The van der Waals surface area contributed by atoms with Crippen LogP contribution in [0.2, 0.25) is 0 Å². The number of fused-ring (bicyclic) bond motifs is 3. The number of aryl methyl sites for hydroxylation is 1. The smallest absolute Gasteiger partial charge is 0.377 e. The Morgan fingerprint density at radius 1 is 1.06 bits per heavy atom. The lowest BCUT2D eigenvalue weighted by Gasteiger charge is -2.10. The zero-order chi connectivity index (χ0) is 25.0. The third-order valence-corrected chi connectivity index (χ3v) is 5.35. The molecule has 4 rings (SSSR count). The van der Waals surface area contributed by atoms with Gasteiger partial charge in [0.2, 0.25) is 0 Å². The summed E-state index contributed by atoms with van der Waals surface area (Å²) in [5.41, 5.74) is 1.53. The minimum absolute atomic E-state index is 0.0212. The monoisotopic (exact) mass is 488 g/mol. The Kier molecular flexibility index (Phi) is 7.17. The van der Waals surface area contributed by atoms with E-state index in [-0.39, 0.29) is 19.1 Å². The number of halogens is 3. The molecule has 2 heterocycles. The molecule has 1 N–H and O–H groups in total. The predicted octanol–water partition coefficient (Wildman–Crippen LogP) is 3.50. The summed E-state index contributed by atoms with van der Waals surface area (Å²) < 4.78 is 52.7. The molecule has 0 aliphatic carbocycles. The van der Waals surface area contributed by atoms with Crippen molar-refractivity contribution in [2.45, 2.75) is 6.18 Å². The first-order chi connectivity index (χ1) is 16.8. The van der Waals surface area contributed by atoms with Crippen molar-refractivity contribution in [2.75, 3.05) is 33.0 Å². The van der Waals surface area contributed by atoms with Crippen LogP contribution in [-0.4, -0.2) is 59.5 Å². The second-order valence-electron chi connectivity index (χ2n) is 7.76. The molecule has 184 valence electrons. The van der Waals surface area contributed by atoms with Gasteiger partial charge in [-0.2, -0.15) is 18.3 Å². The molecule has 0 saturated heterocycles. The van der Waals surface area contributed by atoms with Gasteiger partial charge in [-0.3, -0.25) is 14.0 Å². The number of nitrogens with zero attached hydrogens (tertiary/aromatic N) is 3. The maximum atomic E-state index is 13.0. The van der Waals surface area contributed by atoms with Crippen molar-refractivity contribution in [3.63, 3.8) is 0 Å². The highest BCUT2D eigenvalue weighted by molar-refractivity contribution is 6.10. The van der Waals surface area contributed by atoms with E-state index in [1.165, 1.54) is 12.1 Å². The van der Waals surface area contributed by atoms with E-state index in [0.717, 1.165) is 28.4 Å². The average Bonchev–Trinajstić information content (AvgIpc) is 3.34. The molecule has 2 aromatic carbocycles. The summed E-state index contributed by atoms with van der Waals surface area (Å²) in [5, 5.41) is 8.79. The minimum atomic E-state index is -4.42. The van der Waals surface area contributed by atoms with Crippen molar-refractivity contribution in [3.05, 3.63) is 59.8 Å². The number of aldehydes is 1. The van der Waals surface area contributed by atoms with Crippen LogP contribution >= 0.6 is 0 Å². The molecule has 0 aliphatic rings. The second kappa shape index (κ2) is 10.3. The van der Waals surface area contributed by atoms with Crippen molar-refractivity contribution in [3.8, 4) is 5.69 Å². The Morgan fingerprint density at radius 2 is 1.80 bits per heavy atom. The normalized spacial score (nSPS) is 11.9. The highest BCUT2D eigenvalue weighted by Gasteiger charge is 2.30. The molecular weight excluding hydrogens is 465 g/mol. The number of benzene rings is 2. The van der Waals surface area contributed by atoms with Crippen LogP contribution in [0.25, 0.3) is 27.6 Å². The highest BCUT2D eigenvalue weighted by atomic mass is 19.4. The maximum absolute atomic E-state index is 13.0. The van der Waals surface area contributed by atoms with E-state index in [4.69, 9.17) is 9.47 Å². The molecule has 35 heavy (non-hydrogen) atoms. The van der Waals surface area contributed by atoms with Crippen LogP contribution in [0.3, 0.4) is 0 Å². The first-order valence-electron chi connectivity index (χ1n) is 10.8. The van der Waals surface area contributed by atoms with E-state index >= 15 is 0 Å². The van der Waals surface area contributed by atoms with Crippen LogP contribution in [-0.2, 0) is 27.5 Å². The zero-order valence-corrected chi connectivity index (χ0v) is 18.8. The van der Waals surface area contributed by atoms with Gasteiger partial charge in [0.1, 0.15) is 12.9 Å². The first kappa shape index (κ1) is 24.4. The fourth-order valence-corrected chi connectivity index (χ4v) is 3.78. The van der Waals surface area contributed by atoms with Gasteiger partial charge >= 0.3 is 6.18 Å². The number of alkyl halides is 3. The Bertz CT molecular complexity index is 1340. The van der Waals surface area contributed by atoms with Gasteiger partial charge in [0.05, 0.1) is 30.9 Å². The highest BCUT2D eigenvalue weighted by Crippen LogP contribution is 2.34.